The minimum Gasteiger partial charge on any atom is -0.394 e. The van der Waals surface area contributed by atoms with Gasteiger partial charge in [0.15, 0.2) is 23.2 Å². The molecule has 0 aromatic carbocycles. The molecule has 0 saturated carbocycles. The van der Waals surface area contributed by atoms with E-state index in [4.69, 9.17) is 4.74 Å². The van der Waals surface area contributed by atoms with Crippen molar-refractivity contribution in [2.24, 2.45) is 0 Å². The summed E-state index contributed by atoms with van der Waals surface area (Å²) in [6, 6.07) is 0. The Bertz CT molecular complexity index is 828. The Balaban J connectivity index is 2.00. The minimum absolute atomic E-state index is 0.339. The first-order chi connectivity index (χ1) is 12.6. The van der Waals surface area contributed by atoms with Crippen molar-refractivity contribution in [2.45, 2.75) is 50.7 Å². The van der Waals surface area contributed by atoms with Crippen LogP contribution < -0.4 is 5.32 Å². The van der Waals surface area contributed by atoms with E-state index >= 15 is 0 Å². The van der Waals surface area contributed by atoms with E-state index in [-0.39, 0.29) is 0 Å². The molecular formula is C17H23N5O4. The Hall–Kier alpha value is -2.25. The minimum atomic E-state index is -1.21. The molecule has 0 aliphatic carbocycles. The summed E-state index contributed by atoms with van der Waals surface area (Å²) in [6.45, 7) is 1.70. The lowest BCUT2D eigenvalue weighted by Gasteiger charge is -2.16. The number of aromatic nitrogens is 4. The van der Waals surface area contributed by atoms with Gasteiger partial charge in [0.1, 0.15) is 18.3 Å². The molecule has 9 heteroatoms. The van der Waals surface area contributed by atoms with Gasteiger partial charge in [-0.1, -0.05) is 19.3 Å². The maximum absolute atomic E-state index is 10.3. The second-order valence-corrected chi connectivity index (χ2v) is 6.10. The van der Waals surface area contributed by atoms with Crippen LogP contribution in [0.4, 0.5) is 5.82 Å². The molecule has 3 heterocycles. The number of ether oxygens (including phenoxy) is 1. The third-order valence-corrected chi connectivity index (χ3v) is 4.31. The van der Waals surface area contributed by atoms with Gasteiger partial charge in [0, 0.05) is 13.5 Å². The molecule has 1 fully saturated rings. The lowest BCUT2D eigenvalue weighted by atomic mass is 10.1. The monoisotopic (exact) mass is 361 g/mol. The van der Waals surface area contributed by atoms with Crippen LogP contribution in [0.15, 0.2) is 6.33 Å². The van der Waals surface area contributed by atoms with E-state index in [1.165, 1.54) is 10.9 Å². The first-order valence-corrected chi connectivity index (χ1v) is 8.64. The molecule has 9 nitrogen and oxygen atoms in total. The number of aliphatic hydroxyl groups is 3. The van der Waals surface area contributed by atoms with E-state index in [2.05, 4.69) is 39.0 Å². The zero-order valence-corrected chi connectivity index (χ0v) is 14.8. The van der Waals surface area contributed by atoms with Crippen molar-refractivity contribution in [3.63, 3.8) is 0 Å². The highest BCUT2D eigenvalue weighted by Gasteiger charge is 2.44. The Morgan fingerprint density at radius 3 is 2.77 bits per heavy atom. The standard InChI is InChI=1S/C17H23N5O4/c1-3-4-5-6-7-11-20-15(18-2)12-16(21-11)22(9-19-12)17-14(25)13(24)10(8-23)26-17/h9-10,13-14,17,23-25H,3-5,8H2,1-2H3,(H,18,20,21). The summed E-state index contributed by atoms with van der Waals surface area (Å²) in [5, 5.41) is 32.5. The number of anilines is 1. The van der Waals surface area contributed by atoms with Crippen LogP contribution in [0.2, 0.25) is 0 Å². The maximum Gasteiger partial charge on any atom is 0.208 e. The number of hydrogen-bond donors (Lipinski definition) is 4. The molecule has 2 aromatic heterocycles. The number of aliphatic hydroxyl groups excluding tert-OH is 3. The zero-order chi connectivity index (χ0) is 18.7. The summed E-state index contributed by atoms with van der Waals surface area (Å²) >= 11 is 0. The summed E-state index contributed by atoms with van der Waals surface area (Å²) in [6.07, 6.45) is 0.121. The molecule has 140 valence electrons. The average molecular weight is 361 g/mol. The van der Waals surface area contributed by atoms with Crippen LogP contribution in [0.1, 0.15) is 38.2 Å². The van der Waals surface area contributed by atoms with E-state index in [1.54, 1.807) is 7.05 Å². The molecule has 0 amide bonds. The van der Waals surface area contributed by atoms with Crippen molar-refractivity contribution >= 4 is 17.0 Å². The molecule has 4 N–H and O–H groups in total. The zero-order valence-electron chi connectivity index (χ0n) is 14.8. The maximum atomic E-state index is 10.3. The fraction of sp³-hybridized carbons (Fsp3) is 0.588. The highest BCUT2D eigenvalue weighted by molar-refractivity contribution is 5.83. The van der Waals surface area contributed by atoms with E-state index in [0.717, 1.165) is 19.3 Å². The van der Waals surface area contributed by atoms with Gasteiger partial charge in [0.05, 0.1) is 12.9 Å². The molecule has 0 spiro atoms. The molecule has 0 bridgehead atoms. The Labute approximate surface area is 151 Å². The summed E-state index contributed by atoms with van der Waals surface area (Å²) < 4.78 is 7.10. The molecule has 4 unspecified atom stereocenters. The van der Waals surface area contributed by atoms with Crippen LogP contribution in [0.3, 0.4) is 0 Å². The summed E-state index contributed by atoms with van der Waals surface area (Å²) in [7, 11) is 1.72. The lowest BCUT2D eigenvalue weighted by molar-refractivity contribution is -0.0511. The number of hydrogen-bond acceptors (Lipinski definition) is 8. The Kier molecular flexibility index (Phi) is 5.68. The second kappa shape index (κ2) is 7.97. The van der Waals surface area contributed by atoms with Crippen LogP contribution in [0.5, 0.6) is 0 Å². The summed E-state index contributed by atoms with van der Waals surface area (Å²) in [5.41, 5.74) is 0.934. The first kappa shape index (κ1) is 18.5. The van der Waals surface area contributed by atoms with Crippen molar-refractivity contribution in [1.29, 1.82) is 0 Å². The molecule has 3 rings (SSSR count). The normalized spacial score (nSPS) is 25.3. The number of nitrogens with zero attached hydrogens (tertiary/aromatic N) is 4. The van der Waals surface area contributed by atoms with Gasteiger partial charge in [-0.15, -0.1) is 0 Å². The van der Waals surface area contributed by atoms with Gasteiger partial charge >= 0.3 is 0 Å². The van der Waals surface area contributed by atoms with Crippen LogP contribution in [-0.4, -0.2) is 66.8 Å². The average Bonchev–Trinajstić information content (AvgIpc) is 3.19. The van der Waals surface area contributed by atoms with Crippen LogP contribution in [-0.2, 0) is 4.74 Å². The van der Waals surface area contributed by atoms with Crippen LogP contribution >= 0.6 is 0 Å². The SMILES string of the molecule is CCCCC#Cc1nc(NC)c2ncn(C3OC(CO)C(O)C3O)c2n1. The second-order valence-electron chi connectivity index (χ2n) is 6.10. The molecule has 2 aromatic rings. The number of unbranched alkanes of at least 4 members (excludes halogenated alkanes) is 2. The topological polar surface area (TPSA) is 126 Å². The van der Waals surface area contributed by atoms with Gasteiger partial charge in [0.25, 0.3) is 0 Å². The molecular weight excluding hydrogens is 338 g/mol. The molecule has 26 heavy (non-hydrogen) atoms. The number of imidazole rings is 1. The Morgan fingerprint density at radius 2 is 2.12 bits per heavy atom. The predicted octanol–water partition coefficient (Wildman–Crippen LogP) is 0.0212. The highest BCUT2D eigenvalue weighted by Crippen LogP contribution is 2.32. The summed E-state index contributed by atoms with van der Waals surface area (Å²) in [4.78, 5) is 13.1. The van der Waals surface area contributed by atoms with Crippen molar-refractivity contribution in [3.05, 3.63) is 12.2 Å². The van der Waals surface area contributed by atoms with Gasteiger partial charge in [-0.05, 0) is 12.3 Å². The molecule has 1 saturated heterocycles. The van der Waals surface area contributed by atoms with Crippen molar-refractivity contribution in [1.82, 2.24) is 19.5 Å². The fourth-order valence-electron chi connectivity index (χ4n) is 2.85. The smallest absolute Gasteiger partial charge is 0.208 e. The van der Waals surface area contributed by atoms with Crippen LogP contribution in [0.25, 0.3) is 11.2 Å². The van der Waals surface area contributed by atoms with E-state index in [9.17, 15) is 15.3 Å². The van der Waals surface area contributed by atoms with Gasteiger partial charge in [0.2, 0.25) is 5.82 Å². The number of rotatable bonds is 5. The lowest BCUT2D eigenvalue weighted by Crippen LogP contribution is -2.33. The third-order valence-electron chi connectivity index (χ3n) is 4.31. The fourth-order valence-corrected chi connectivity index (χ4v) is 2.85. The molecule has 1 aliphatic heterocycles. The van der Waals surface area contributed by atoms with Crippen molar-refractivity contribution < 1.29 is 20.1 Å². The van der Waals surface area contributed by atoms with Gasteiger partial charge in [-0.3, -0.25) is 4.57 Å². The van der Waals surface area contributed by atoms with E-state index in [0.29, 0.717) is 22.8 Å². The van der Waals surface area contributed by atoms with Crippen LogP contribution in [0, 0.1) is 11.8 Å². The van der Waals surface area contributed by atoms with Gasteiger partial charge < -0.3 is 25.4 Å². The van der Waals surface area contributed by atoms with E-state index < -0.39 is 31.1 Å². The quantitative estimate of drug-likeness (QED) is 0.434. The first-order valence-electron chi connectivity index (χ1n) is 8.64. The summed E-state index contributed by atoms with van der Waals surface area (Å²) in [5.74, 6) is 6.85. The highest BCUT2D eigenvalue weighted by atomic mass is 16.6. The third kappa shape index (κ3) is 3.37. The van der Waals surface area contributed by atoms with E-state index in [1.807, 2.05) is 0 Å². The molecule has 4 atom stereocenters. The Morgan fingerprint density at radius 1 is 1.31 bits per heavy atom. The van der Waals surface area contributed by atoms with Crippen molar-refractivity contribution in [3.8, 4) is 11.8 Å². The number of nitrogens with one attached hydrogen (secondary N) is 1. The largest absolute Gasteiger partial charge is 0.394 e. The predicted molar refractivity (Wildman–Crippen MR) is 94.3 cm³/mol. The van der Waals surface area contributed by atoms with Gasteiger partial charge in [-0.2, -0.15) is 0 Å². The molecule has 0 radical (unpaired) electrons. The number of fused-ring (bicyclic) bond motifs is 1. The van der Waals surface area contributed by atoms with Gasteiger partial charge in [-0.25, -0.2) is 15.0 Å². The molecule has 1 aliphatic rings. The van der Waals surface area contributed by atoms with Crippen molar-refractivity contribution in [2.75, 3.05) is 19.0 Å².